The van der Waals surface area contributed by atoms with E-state index in [0.717, 1.165) is 50.1 Å². The van der Waals surface area contributed by atoms with Gasteiger partial charge in [0.1, 0.15) is 0 Å². The number of carbonyl (C=O) groups excluding carboxylic acids is 2. The van der Waals surface area contributed by atoms with Gasteiger partial charge in [-0.1, -0.05) is 13.8 Å². The standard InChI is InChI=1S/C21H34N2O2/c1-14(2)20(25)22-18-3-5-23(6-4-18)19(24)13-21-10-15-7-16(11-21)9-17(8-15)12-21/h14-18H,3-13H2,1-2H3,(H,22,25). The van der Waals surface area contributed by atoms with Crippen LogP contribution in [-0.2, 0) is 9.59 Å². The summed E-state index contributed by atoms with van der Waals surface area (Å²) < 4.78 is 0. The largest absolute Gasteiger partial charge is 0.353 e. The molecule has 5 rings (SSSR count). The van der Waals surface area contributed by atoms with Crippen LogP contribution in [-0.4, -0.2) is 35.8 Å². The summed E-state index contributed by atoms with van der Waals surface area (Å²) in [4.78, 5) is 26.9. The molecule has 0 spiro atoms. The molecule has 0 aromatic heterocycles. The Bertz CT molecular complexity index is 499. The molecule has 0 unspecified atom stereocenters. The summed E-state index contributed by atoms with van der Waals surface area (Å²) >= 11 is 0. The van der Waals surface area contributed by atoms with Gasteiger partial charge in [-0.15, -0.1) is 0 Å². The highest BCUT2D eigenvalue weighted by Crippen LogP contribution is 2.61. The number of hydrogen-bond acceptors (Lipinski definition) is 2. The van der Waals surface area contributed by atoms with Crippen molar-refractivity contribution in [2.75, 3.05) is 13.1 Å². The second-order valence-electron chi connectivity index (χ2n) is 9.91. The van der Waals surface area contributed by atoms with Gasteiger partial charge in [-0.3, -0.25) is 9.59 Å². The fraction of sp³-hybridized carbons (Fsp3) is 0.905. The van der Waals surface area contributed by atoms with Crippen molar-refractivity contribution in [3.8, 4) is 0 Å². The number of hydrogen-bond donors (Lipinski definition) is 1. The predicted octanol–water partition coefficient (Wildman–Crippen LogP) is 3.36. The SMILES string of the molecule is CC(C)C(=O)NC1CCN(C(=O)CC23CC4CC(CC(C4)C2)C3)CC1. The van der Waals surface area contributed by atoms with Gasteiger partial charge in [0.05, 0.1) is 0 Å². The molecule has 0 atom stereocenters. The Morgan fingerprint density at radius 1 is 1.00 bits per heavy atom. The lowest BCUT2D eigenvalue weighted by Gasteiger charge is -2.57. The normalized spacial score (nSPS) is 37.6. The van der Waals surface area contributed by atoms with Gasteiger partial charge in [0, 0.05) is 31.5 Å². The molecule has 0 aromatic carbocycles. The van der Waals surface area contributed by atoms with Crippen LogP contribution >= 0.6 is 0 Å². The Balaban J connectivity index is 1.29. The minimum absolute atomic E-state index is 0.0377. The molecular formula is C21H34N2O2. The molecule has 25 heavy (non-hydrogen) atoms. The van der Waals surface area contributed by atoms with Crippen molar-refractivity contribution in [2.24, 2.45) is 29.1 Å². The predicted molar refractivity (Wildman–Crippen MR) is 97.8 cm³/mol. The topological polar surface area (TPSA) is 49.4 Å². The van der Waals surface area contributed by atoms with E-state index >= 15 is 0 Å². The van der Waals surface area contributed by atoms with Gasteiger partial charge in [-0.25, -0.2) is 0 Å². The number of rotatable bonds is 4. The quantitative estimate of drug-likeness (QED) is 0.848. The molecular weight excluding hydrogens is 312 g/mol. The second-order valence-corrected chi connectivity index (χ2v) is 9.91. The van der Waals surface area contributed by atoms with Gasteiger partial charge in [0.15, 0.2) is 0 Å². The van der Waals surface area contributed by atoms with Crippen molar-refractivity contribution in [1.29, 1.82) is 0 Å². The lowest BCUT2D eigenvalue weighted by Crippen LogP contribution is -2.51. The summed E-state index contributed by atoms with van der Waals surface area (Å²) in [7, 11) is 0. The molecule has 1 aliphatic heterocycles. The Hall–Kier alpha value is -1.06. The van der Waals surface area contributed by atoms with Gasteiger partial charge in [0.25, 0.3) is 0 Å². The molecule has 5 aliphatic rings. The molecule has 140 valence electrons. The maximum Gasteiger partial charge on any atom is 0.223 e. The molecule has 4 saturated carbocycles. The zero-order chi connectivity index (χ0) is 17.6. The summed E-state index contributed by atoms with van der Waals surface area (Å²) in [6.07, 6.45) is 10.9. The minimum Gasteiger partial charge on any atom is -0.353 e. The second kappa shape index (κ2) is 6.59. The molecule has 0 radical (unpaired) electrons. The van der Waals surface area contributed by atoms with Crippen molar-refractivity contribution in [3.63, 3.8) is 0 Å². The highest BCUT2D eigenvalue weighted by Gasteiger charge is 2.51. The summed E-state index contributed by atoms with van der Waals surface area (Å²) in [6, 6.07) is 0.249. The smallest absolute Gasteiger partial charge is 0.223 e. The van der Waals surface area contributed by atoms with Crippen molar-refractivity contribution in [3.05, 3.63) is 0 Å². The van der Waals surface area contributed by atoms with Crippen LogP contribution in [0.4, 0.5) is 0 Å². The van der Waals surface area contributed by atoms with E-state index in [4.69, 9.17) is 0 Å². The number of nitrogens with one attached hydrogen (secondary N) is 1. The summed E-state index contributed by atoms with van der Waals surface area (Å²) in [5.41, 5.74) is 0.342. The van der Waals surface area contributed by atoms with Crippen LogP contribution in [0.2, 0.25) is 0 Å². The third-order valence-corrected chi connectivity index (χ3v) is 7.41. The summed E-state index contributed by atoms with van der Waals surface area (Å²) in [5, 5.41) is 3.13. The van der Waals surface area contributed by atoms with E-state index in [2.05, 4.69) is 10.2 Å². The van der Waals surface area contributed by atoms with Gasteiger partial charge in [-0.2, -0.15) is 0 Å². The Kier molecular flexibility index (Phi) is 4.57. The summed E-state index contributed by atoms with van der Waals surface area (Å²) in [6.45, 7) is 5.49. The van der Waals surface area contributed by atoms with Crippen molar-refractivity contribution < 1.29 is 9.59 Å². The summed E-state index contributed by atoms with van der Waals surface area (Å²) in [5.74, 6) is 3.30. The first-order chi connectivity index (χ1) is 11.9. The number of amides is 2. The van der Waals surface area contributed by atoms with Gasteiger partial charge in [-0.05, 0) is 74.5 Å². The van der Waals surface area contributed by atoms with Crippen LogP contribution in [0.5, 0.6) is 0 Å². The average molecular weight is 347 g/mol. The zero-order valence-corrected chi connectivity index (χ0v) is 15.9. The molecule has 5 fully saturated rings. The van der Waals surface area contributed by atoms with Crippen molar-refractivity contribution in [1.82, 2.24) is 10.2 Å². The van der Waals surface area contributed by atoms with E-state index in [-0.39, 0.29) is 17.9 Å². The van der Waals surface area contributed by atoms with Crippen LogP contribution < -0.4 is 5.32 Å². The molecule has 4 nitrogen and oxygen atoms in total. The highest BCUT2D eigenvalue weighted by atomic mass is 16.2. The lowest BCUT2D eigenvalue weighted by molar-refractivity contribution is -0.140. The van der Waals surface area contributed by atoms with Gasteiger partial charge in [0.2, 0.25) is 11.8 Å². The Labute approximate surface area is 152 Å². The molecule has 1 saturated heterocycles. The molecule has 4 aliphatic carbocycles. The number of piperidine rings is 1. The fourth-order valence-electron chi connectivity index (χ4n) is 6.58. The first kappa shape index (κ1) is 17.4. The number of likely N-dealkylation sites (tertiary alicyclic amines) is 1. The Morgan fingerprint density at radius 3 is 2.00 bits per heavy atom. The average Bonchev–Trinajstić information content (AvgIpc) is 2.53. The third kappa shape index (κ3) is 3.59. The maximum absolute atomic E-state index is 13.0. The first-order valence-electron chi connectivity index (χ1n) is 10.5. The molecule has 4 bridgehead atoms. The molecule has 0 aromatic rings. The van der Waals surface area contributed by atoms with Crippen LogP contribution in [0.1, 0.15) is 71.6 Å². The van der Waals surface area contributed by atoms with Crippen molar-refractivity contribution in [2.45, 2.75) is 77.7 Å². The molecule has 4 heteroatoms. The van der Waals surface area contributed by atoms with Crippen molar-refractivity contribution >= 4 is 11.8 Å². The highest BCUT2D eigenvalue weighted by molar-refractivity contribution is 5.78. The maximum atomic E-state index is 13.0. The van der Waals surface area contributed by atoms with E-state index in [1.807, 2.05) is 13.8 Å². The van der Waals surface area contributed by atoms with E-state index in [0.29, 0.717) is 11.3 Å². The van der Waals surface area contributed by atoms with Crippen LogP contribution in [0.25, 0.3) is 0 Å². The fourth-order valence-corrected chi connectivity index (χ4v) is 6.58. The van der Waals surface area contributed by atoms with Gasteiger partial charge < -0.3 is 10.2 Å². The molecule has 1 heterocycles. The van der Waals surface area contributed by atoms with E-state index in [1.54, 1.807) is 0 Å². The van der Waals surface area contributed by atoms with E-state index in [1.165, 1.54) is 38.5 Å². The first-order valence-corrected chi connectivity index (χ1v) is 10.5. The lowest BCUT2D eigenvalue weighted by atomic mass is 9.49. The number of carbonyl (C=O) groups is 2. The number of nitrogens with zero attached hydrogens (tertiary/aromatic N) is 1. The monoisotopic (exact) mass is 346 g/mol. The van der Waals surface area contributed by atoms with E-state index < -0.39 is 0 Å². The zero-order valence-electron chi connectivity index (χ0n) is 15.9. The van der Waals surface area contributed by atoms with Crippen LogP contribution in [0, 0.1) is 29.1 Å². The molecule has 2 amide bonds. The van der Waals surface area contributed by atoms with Crippen LogP contribution in [0.3, 0.4) is 0 Å². The third-order valence-electron chi connectivity index (χ3n) is 7.41. The Morgan fingerprint density at radius 2 is 1.52 bits per heavy atom. The minimum atomic E-state index is 0.0377. The van der Waals surface area contributed by atoms with E-state index in [9.17, 15) is 9.59 Å². The van der Waals surface area contributed by atoms with Crippen LogP contribution in [0.15, 0.2) is 0 Å². The van der Waals surface area contributed by atoms with Gasteiger partial charge >= 0.3 is 0 Å². The molecule has 1 N–H and O–H groups in total.